The van der Waals surface area contributed by atoms with Gasteiger partial charge in [0.25, 0.3) is 21.6 Å². The first kappa shape index (κ1) is 21.4. The van der Waals surface area contributed by atoms with Crippen molar-refractivity contribution < 1.29 is 18.1 Å². The second-order valence-electron chi connectivity index (χ2n) is 6.88. The van der Waals surface area contributed by atoms with Gasteiger partial charge in [0.1, 0.15) is 0 Å². The number of nitrogens with zero attached hydrogens (tertiary/aromatic N) is 2. The first-order valence-electron chi connectivity index (χ1n) is 9.27. The molecule has 162 valence electrons. The van der Waals surface area contributed by atoms with Crippen molar-refractivity contribution in [3.05, 3.63) is 88.0 Å². The highest BCUT2D eigenvalue weighted by molar-refractivity contribution is 7.93. The normalized spacial score (nSPS) is 11.3. The number of rotatable bonds is 6. The van der Waals surface area contributed by atoms with Gasteiger partial charge in [-0.25, -0.2) is 13.4 Å². The van der Waals surface area contributed by atoms with Gasteiger partial charge in [0.2, 0.25) is 0 Å². The lowest BCUT2D eigenvalue weighted by Crippen LogP contribution is -2.12. The van der Waals surface area contributed by atoms with Crippen molar-refractivity contribution in [1.29, 1.82) is 0 Å². The van der Waals surface area contributed by atoms with Gasteiger partial charge < -0.3 is 5.32 Å². The maximum atomic E-state index is 12.6. The van der Waals surface area contributed by atoms with Gasteiger partial charge in [-0.3, -0.25) is 19.6 Å². The Balaban J connectivity index is 1.52. The van der Waals surface area contributed by atoms with Crippen LogP contribution in [0.2, 0.25) is 0 Å². The van der Waals surface area contributed by atoms with Crippen LogP contribution in [0.1, 0.15) is 15.9 Å². The Morgan fingerprint density at radius 2 is 1.72 bits per heavy atom. The first-order chi connectivity index (χ1) is 15.2. The number of nitro groups is 1. The van der Waals surface area contributed by atoms with E-state index in [0.717, 1.165) is 16.9 Å². The maximum absolute atomic E-state index is 12.6. The molecule has 32 heavy (non-hydrogen) atoms. The predicted molar refractivity (Wildman–Crippen MR) is 123 cm³/mol. The Morgan fingerprint density at radius 1 is 1.03 bits per heavy atom. The molecule has 3 aromatic carbocycles. The van der Waals surface area contributed by atoms with E-state index in [2.05, 4.69) is 15.0 Å². The van der Waals surface area contributed by atoms with Crippen LogP contribution in [0.15, 0.2) is 71.6 Å². The number of fused-ring (bicyclic) bond motifs is 1. The number of nitrogens with one attached hydrogen (secondary N) is 2. The van der Waals surface area contributed by atoms with Crippen LogP contribution in [-0.4, -0.2) is 24.2 Å². The summed E-state index contributed by atoms with van der Waals surface area (Å²) < 4.78 is 28.3. The van der Waals surface area contributed by atoms with E-state index in [1.165, 1.54) is 36.4 Å². The number of amides is 1. The average Bonchev–Trinajstić information content (AvgIpc) is 3.14. The monoisotopic (exact) mass is 468 g/mol. The number of thiazole rings is 1. The van der Waals surface area contributed by atoms with Crippen LogP contribution in [0, 0.1) is 17.0 Å². The van der Waals surface area contributed by atoms with Crippen molar-refractivity contribution in [2.24, 2.45) is 0 Å². The summed E-state index contributed by atoms with van der Waals surface area (Å²) in [7, 11) is -3.77. The Labute approximate surface area is 186 Å². The molecule has 0 saturated heterocycles. The van der Waals surface area contributed by atoms with E-state index < -0.39 is 20.9 Å². The molecule has 0 spiro atoms. The number of nitro benzene ring substituents is 1. The van der Waals surface area contributed by atoms with Gasteiger partial charge in [0.05, 0.1) is 20.0 Å². The molecule has 1 heterocycles. The first-order valence-corrected chi connectivity index (χ1v) is 11.6. The van der Waals surface area contributed by atoms with Crippen molar-refractivity contribution in [3.63, 3.8) is 0 Å². The van der Waals surface area contributed by atoms with E-state index >= 15 is 0 Å². The van der Waals surface area contributed by atoms with Gasteiger partial charge in [-0.2, -0.15) is 0 Å². The largest absolute Gasteiger partial charge is 0.322 e. The van der Waals surface area contributed by atoms with Crippen molar-refractivity contribution in [2.75, 3.05) is 10.0 Å². The number of carbonyl (C=O) groups is 1. The van der Waals surface area contributed by atoms with Gasteiger partial charge in [-0.05, 0) is 49.4 Å². The second kappa shape index (κ2) is 8.36. The number of aryl methyl sites for hydroxylation is 1. The number of benzene rings is 3. The van der Waals surface area contributed by atoms with Crippen molar-refractivity contribution in [3.8, 4) is 0 Å². The van der Waals surface area contributed by atoms with Gasteiger partial charge >= 0.3 is 0 Å². The molecular weight excluding hydrogens is 452 g/mol. The van der Waals surface area contributed by atoms with Gasteiger partial charge in [-0.15, -0.1) is 0 Å². The zero-order valence-electron chi connectivity index (χ0n) is 16.6. The molecule has 0 aliphatic rings. The molecule has 9 nitrogen and oxygen atoms in total. The Hall–Kier alpha value is -3.83. The van der Waals surface area contributed by atoms with Crippen molar-refractivity contribution in [1.82, 2.24) is 4.98 Å². The van der Waals surface area contributed by atoms with E-state index in [-0.39, 0.29) is 21.3 Å². The lowest BCUT2D eigenvalue weighted by molar-refractivity contribution is -0.384. The molecule has 4 rings (SSSR count). The molecule has 0 atom stereocenters. The molecule has 0 fully saturated rings. The summed E-state index contributed by atoms with van der Waals surface area (Å²) >= 11 is 1.14. The summed E-state index contributed by atoms with van der Waals surface area (Å²) in [5.74, 6) is -0.427. The van der Waals surface area contributed by atoms with E-state index in [1.807, 2.05) is 6.92 Å². The highest BCUT2D eigenvalue weighted by Crippen LogP contribution is 2.30. The number of aromatic nitrogens is 1. The molecule has 0 radical (unpaired) electrons. The molecule has 0 unspecified atom stereocenters. The second-order valence-corrected chi connectivity index (χ2v) is 9.59. The average molecular weight is 469 g/mol. The zero-order valence-corrected chi connectivity index (χ0v) is 18.2. The number of anilines is 2. The Kier molecular flexibility index (Phi) is 5.59. The van der Waals surface area contributed by atoms with Gasteiger partial charge in [0, 0.05) is 23.4 Å². The molecule has 0 bridgehead atoms. The van der Waals surface area contributed by atoms with E-state index in [0.29, 0.717) is 15.9 Å². The predicted octanol–water partition coefficient (Wildman–Crippen LogP) is 4.57. The van der Waals surface area contributed by atoms with Gasteiger partial charge in [0.15, 0.2) is 5.13 Å². The van der Waals surface area contributed by atoms with Crippen LogP contribution in [-0.2, 0) is 10.0 Å². The molecule has 11 heteroatoms. The minimum Gasteiger partial charge on any atom is -0.322 e. The fourth-order valence-electron chi connectivity index (χ4n) is 2.88. The number of carbonyl (C=O) groups excluding carboxylic acids is 1. The highest BCUT2D eigenvalue weighted by Gasteiger charge is 2.17. The number of hydrogen-bond donors (Lipinski definition) is 2. The van der Waals surface area contributed by atoms with Crippen molar-refractivity contribution >= 4 is 54.0 Å². The standard InChI is InChI=1S/C21H16N4O5S2/c1-13-2-9-17(10-3-13)32(29,30)24-21-23-18-11-6-15(12-19(18)31-21)22-20(26)14-4-7-16(8-5-14)25(27)28/h2-12H,1H3,(H,22,26)(H,23,24). The molecule has 0 saturated carbocycles. The summed E-state index contributed by atoms with van der Waals surface area (Å²) in [5, 5.41) is 13.7. The van der Waals surface area contributed by atoms with Crippen molar-refractivity contribution in [2.45, 2.75) is 11.8 Å². The third-order valence-electron chi connectivity index (χ3n) is 4.54. The van der Waals surface area contributed by atoms with Crippen LogP contribution in [0.4, 0.5) is 16.5 Å². The zero-order chi connectivity index (χ0) is 22.9. The third-order valence-corrected chi connectivity index (χ3v) is 6.96. The van der Waals surface area contributed by atoms with Crippen LogP contribution in [0.5, 0.6) is 0 Å². The minimum absolute atomic E-state index is 0.103. The SMILES string of the molecule is Cc1ccc(S(=O)(=O)Nc2nc3ccc(NC(=O)c4ccc([N+](=O)[O-])cc4)cc3s2)cc1. The molecule has 1 amide bonds. The third kappa shape index (κ3) is 4.58. The van der Waals surface area contributed by atoms with E-state index in [4.69, 9.17) is 0 Å². The number of sulfonamides is 1. The lowest BCUT2D eigenvalue weighted by atomic mass is 10.2. The molecule has 2 N–H and O–H groups in total. The fraction of sp³-hybridized carbons (Fsp3) is 0.0476. The molecule has 0 aliphatic carbocycles. The fourth-order valence-corrected chi connectivity index (χ4v) is 5.02. The van der Waals surface area contributed by atoms with Crippen LogP contribution in [0.3, 0.4) is 0 Å². The van der Waals surface area contributed by atoms with E-state index in [9.17, 15) is 23.3 Å². The summed E-state index contributed by atoms with van der Waals surface area (Å²) in [6.45, 7) is 1.87. The summed E-state index contributed by atoms with van der Waals surface area (Å²) in [5.41, 5.74) is 2.18. The van der Waals surface area contributed by atoms with Crippen LogP contribution < -0.4 is 10.0 Å². The number of hydrogen-bond acceptors (Lipinski definition) is 7. The Bertz CT molecular complexity index is 1430. The maximum Gasteiger partial charge on any atom is 0.269 e. The van der Waals surface area contributed by atoms with Crippen LogP contribution in [0.25, 0.3) is 10.2 Å². The molecular formula is C21H16N4O5S2. The lowest BCUT2D eigenvalue weighted by Gasteiger charge is -2.05. The van der Waals surface area contributed by atoms with Crippen LogP contribution >= 0.6 is 11.3 Å². The molecule has 1 aromatic heterocycles. The van der Waals surface area contributed by atoms with E-state index in [1.54, 1.807) is 30.3 Å². The quantitative estimate of drug-likeness (QED) is 0.315. The topological polar surface area (TPSA) is 131 Å². The number of non-ortho nitro benzene ring substituents is 1. The summed E-state index contributed by atoms with van der Waals surface area (Å²) in [6.07, 6.45) is 0. The Morgan fingerprint density at radius 3 is 2.38 bits per heavy atom. The molecule has 4 aromatic rings. The smallest absolute Gasteiger partial charge is 0.269 e. The van der Waals surface area contributed by atoms with Gasteiger partial charge in [-0.1, -0.05) is 29.0 Å². The summed E-state index contributed by atoms with van der Waals surface area (Å²) in [6, 6.07) is 16.7. The highest BCUT2D eigenvalue weighted by atomic mass is 32.2. The summed E-state index contributed by atoms with van der Waals surface area (Å²) in [4.78, 5) is 27.1. The molecule has 0 aliphatic heterocycles. The minimum atomic E-state index is -3.77.